The van der Waals surface area contributed by atoms with Crippen LogP contribution >= 0.6 is 0 Å². The second-order valence-corrected chi connectivity index (χ2v) is 4.91. The number of carboxylic acid groups (broad SMARTS) is 1. The third kappa shape index (κ3) is 1.67. The van der Waals surface area contributed by atoms with Gasteiger partial charge < -0.3 is 5.11 Å². The molecular weight excluding hydrogens is 226 g/mol. The summed E-state index contributed by atoms with van der Waals surface area (Å²) in [5, 5.41) is 10.1. The highest BCUT2D eigenvalue weighted by Gasteiger charge is 2.21. The van der Waals surface area contributed by atoms with Crippen molar-refractivity contribution >= 4 is 16.9 Å². The van der Waals surface area contributed by atoms with Crippen molar-refractivity contribution in [3.05, 3.63) is 40.6 Å². The van der Waals surface area contributed by atoms with Gasteiger partial charge in [0.15, 0.2) is 0 Å². The summed E-state index contributed by atoms with van der Waals surface area (Å²) in [5.74, 6) is -0.766. The lowest BCUT2D eigenvalue weighted by atomic mass is 9.97. The summed E-state index contributed by atoms with van der Waals surface area (Å²) >= 11 is 0. The number of benzene rings is 1. The van der Waals surface area contributed by atoms with Gasteiger partial charge in [-0.15, -0.1) is 0 Å². The van der Waals surface area contributed by atoms with Crippen molar-refractivity contribution in [1.29, 1.82) is 0 Å². The van der Waals surface area contributed by atoms with Crippen LogP contribution < -0.4 is 0 Å². The van der Waals surface area contributed by atoms with Gasteiger partial charge in [-0.3, -0.25) is 9.78 Å². The fourth-order valence-electron chi connectivity index (χ4n) is 2.88. The highest BCUT2D eigenvalue weighted by molar-refractivity contribution is 5.89. The van der Waals surface area contributed by atoms with E-state index < -0.39 is 5.97 Å². The molecule has 0 amide bonds. The zero-order chi connectivity index (χ0) is 12.7. The van der Waals surface area contributed by atoms with Crippen molar-refractivity contribution in [3.8, 4) is 0 Å². The van der Waals surface area contributed by atoms with Crippen molar-refractivity contribution < 1.29 is 9.90 Å². The number of fused-ring (bicyclic) bond motifs is 2. The Morgan fingerprint density at radius 3 is 3.00 bits per heavy atom. The third-order valence-electron chi connectivity index (χ3n) is 3.69. The zero-order valence-corrected chi connectivity index (χ0v) is 10.4. The van der Waals surface area contributed by atoms with Crippen LogP contribution in [-0.2, 0) is 24.1 Å². The molecular formula is C15H15NO2. The SMILES string of the molecule is Cc1cccc2c(CC(=O)O)c3c(nc12)CCC3. The van der Waals surface area contributed by atoms with Crippen LogP contribution in [0.2, 0.25) is 0 Å². The fraction of sp³-hybridized carbons (Fsp3) is 0.333. The summed E-state index contributed by atoms with van der Waals surface area (Å²) < 4.78 is 0. The van der Waals surface area contributed by atoms with E-state index in [9.17, 15) is 4.79 Å². The number of aromatic nitrogens is 1. The molecule has 18 heavy (non-hydrogen) atoms. The Hall–Kier alpha value is -1.90. The number of para-hydroxylation sites is 1. The van der Waals surface area contributed by atoms with Crippen molar-refractivity contribution in [2.45, 2.75) is 32.6 Å². The highest BCUT2D eigenvalue weighted by Crippen LogP contribution is 2.31. The summed E-state index contributed by atoms with van der Waals surface area (Å²) in [4.78, 5) is 15.8. The van der Waals surface area contributed by atoms with Crippen LogP contribution in [-0.4, -0.2) is 16.1 Å². The Morgan fingerprint density at radius 1 is 1.39 bits per heavy atom. The van der Waals surface area contributed by atoms with Gasteiger partial charge in [0.1, 0.15) is 0 Å². The topological polar surface area (TPSA) is 50.2 Å². The lowest BCUT2D eigenvalue weighted by Gasteiger charge is -2.12. The molecule has 1 heterocycles. The van der Waals surface area contributed by atoms with Crippen molar-refractivity contribution in [3.63, 3.8) is 0 Å². The lowest BCUT2D eigenvalue weighted by Crippen LogP contribution is -2.06. The van der Waals surface area contributed by atoms with Gasteiger partial charge in [-0.2, -0.15) is 0 Å². The zero-order valence-electron chi connectivity index (χ0n) is 10.4. The van der Waals surface area contributed by atoms with Gasteiger partial charge >= 0.3 is 5.97 Å². The Morgan fingerprint density at radius 2 is 2.22 bits per heavy atom. The molecule has 0 bridgehead atoms. The Balaban J connectivity index is 2.35. The molecule has 3 rings (SSSR count). The molecule has 0 spiro atoms. The van der Waals surface area contributed by atoms with Crippen LogP contribution in [0, 0.1) is 6.92 Å². The molecule has 1 aromatic carbocycles. The van der Waals surface area contributed by atoms with Crippen LogP contribution in [0.3, 0.4) is 0 Å². The van der Waals surface area contributed by atoms with E-state index in [0.717, 1.165) is 47.0 Å². The number of hydrogen-bond acceptors (Lipinski definition) is 2. The molecule has 0 unspecified atom stereocenters. The van der Waals surface area contributed by atoms with Crippen molar-refractivity contribution in [2.24, 2.45) is 0 Å². The maximum atomic E-state index is 11.1. The summed E-state index contributed by atoms with van der Waals surface area (Å²) in [5.41, 5.74) is 5.34. The van der Waals surface area contributed by atoms with Gasteiger partial charge in [0, 0.05) is 11.1 Å². The van der Waals surface area contributed by atoms with Gasteiger partial charge in [0.25, 0.3) is 0 Å². The number of nitrogens with zero attached hydrogens (tertiary/aromatic N) is 1. The second-order valence-electron chi connectivity index (χ2n) is 4.91. The number of carbonyl (C=O) groups is 1. The van der Waals surface area contributed by atoms with E-state index in [1.807, 2.05) is 25.1 Å². The van der Waals surface area contributed by atoms with Gasteiger partial charge in [-0.25, -0.2) is 0 Å². The van der Waals surface area contributed by atoms with Crippen LogP contribution in [0.1, 0.15) is 28.8 Å². The monoisotopic (exact) mass is 241 g/mol. The number of rotatable bonds is 2. The molecule has 92 valence electrons. The average Bonchev–Trinajstić information content (AvgIpc) is 2.78. The molecule has 3 heteroatoms. The third-order valence-corrected chi connectivity index (χ3v) is 3.69. The maximum absolute atomic E-state index is 11.1. The smallest absolute Gasteiger partial charge is 0.307 e. The van der Waals surface area contributed by atoms with E-state index in [1.165, 1.54) is 5.56 Å². The quantitative estimate of drug-likeness (QED) is 0.879. The molecule has 1 aliphatic rings. The molecule has 0 atom stereocenters. The van der Waals surface area contributed by atoms with Crippen LogP contribution in [0.15, 0.2) is 18.2 Å². The minimum atomic E-state index is -0.766. The van der Waals surface area contributed by atoms with Crippen LogP contribution in [0.25, 0.3) is 10.9 Å². The first-order valence-corrected chi connectivity index (χ1v) is 6.28. The highest BCUT2D eigenvalue weighted by atomic mass is 16.4. The first kappa shape index (κ1) is 11.2. The van der Waals surface area contributed by atoms with Gasteiger partial charge in [-0.05, 0) is 42.9 Å². The Kier molecular flexibility index (Phi) is 2.54. The molecule has 1 aliphatic carbocycles. The van der Waals surface area contributed by atoms with E-state index in [0.29, 0.717) is 0 Å². The van der Waals surface area contributed by atoms with E-state index in [2.05, 4.69) is 0 Å². The fourth-order valence-corrected chi connectivity index (χ4v) is 2.88. The van der Waals surface area contributed by atoms with E-state index in [1.54, 1.807) is 0 Å². The van der Waals surface area contributed by atoms with Crippen LogP contribution in [0.5, 0.6) is 0 Å². The summed E-state index contributed by atoms with van der Waals surface area (Å²) in [7, 11) is 0. The van der Waals surface area contributed by atoms with Crippen molar-refractivity contribution in [1.82, 2.24) is 4.98 Å². The average molecular weight is 241 g/mol. The molecule has 2 aromatic rings. The van der Waals surface area contributed by atoms with Gasteiger partial charge in [0.2, 0.25) is 0 Å². The molecule has 0 aliphatic heterocycles. The van der Waals surface area contributed by atoms with Crippen LogP contribution in [0.4, 0.5) is 0 Å². The maximum Gasteiger partial charge on any atom is 0.307 e. The number of pyridine rings is 1. The lowest BCUT2D eigenvalue weighted by molar-refractivity contribution is -0.136. The Bertz CT molecular complexity index is 646. The summed E-state index contributed by atoms with van der Waals surface area (Å²) in [6, 6.07) is 6.00. The van der Waals surface area contributed by atoms with Crippen molar-refractivity contribution in [2.75, 3.05) is 0 Å². The molecule has 0 saturated carbocycles. The molecule has 0 fully saturated rings. The summed E-state index contributed by atoms with van der Waals surface area (Å²) in [6.45, 7) is 2.03. The Labute approximate surface area is 105 Å². The molecule has 3 nitrogen and oxygen atoms in total. The largest absolute Gasteiger partial charge is 0.481 e. The normalized spacial score (nSPS) is 13.8. The summed E-state index contributed by atoms with van der Waals surface area (Å²) in [6.07, 6.45) is 3.14. The van der Waals surface area contributed by atoms with Gasteiger partial charge in [-0.1, -0.05) is 18.2 Å². The predicted octanol–water partition coefficient (Wildman–Crippen LogP) is 2.66. The van der Waals surface area contributed by atoms with E-state index in [4.69, 9.17) is 10.1 Å². The molecule has 1 N–H and O–H groups in total. The number of carboxylic acids is 1. The number of aryl methyl sites for hydroxylation is 2. The van der Waals surface area contributed by atoms with E-state index in [-0.39, 0.29) is 6.42 Å². The minimum Gasteiger partial charge on any atom is -0.481 e. The second kappa shape index (κ2) is 4.09. The number of aliphatic carboxylic acids is 1. The predicted molar refractivity (Wildman–Crippen MR) is 69.8 cm³/mol. The molecule has 0 saturated heterocycles. The standard InChI is InChI=1S/C15H15NO2/c1-9-4-2-6-11-12(8-14(17)18)10-5-3-7-13(10)16-15(9)11/h2,4,6H,3,5,7-8H2,1H3,(H,17,18). The molecule has 0 radical (unpaired) electrons. The minimum absolute atomic E-state index is 0.102. The number of hydrogen-bond donors (Lipinski definition) is 1. The van der Waals surface area contributed by atoms with E-state index >= 15 is 0 Å². The van der Waals surface area contributed by atoms with Gasteiger partial charge in [0.05, 0.1) is 11.9 Å². The first-order chi connectivity index (χ1) is 8.66. The molecule has 1 aromatic heterocycles. The first-order valence-electron chi connectivity index (χ1n) is 6.28.